The number of nitrogens with two attached hydrogens (primary N) is 1. The summed E-state index contributed by atoms with van der Waals surface area (Å²) >= 11 is 6.06. The molecule has 0 spiro atoms. The molecule has 0 unspecified atom stereocenters. The zero-order valence-electron chi connectivity index (χ0n) is 14.7. The molecule has 0 saturated heterocycles. The van der Waals surface area contributed by atoms with Gasteiger partial charge in [-0.2, -0.15) is 0 Å². The molecule has 0 saturated carbocycles. The first kappa shape index (κ1) is 19.8. The predicted molar refractivity (Wildman–Crippen MR) is 103 cm³/mol. The zero-order chi connectivity index (χ0) is 19.1. The van der Waals surface area contributed by atoms with Gasteiger partial charge in [-0.15, -0.1) is 0 Å². The molecule has 0 aliphatic rings. The Bertz CT molecular complexity index is 763. The molecule has 0 radical (unpaired) electrons. The van der Waals surface area contributed by atoms with Crippen LogP contribution in [-0.2, 0) is 9.59 Å². The number of hydrogen-bond donors (Lipinski definition) is 2. The molecule has 7 heteroatoms. The number of para-hydroxylation sites is 1. The topological polar surface area (TPSA) is 84.7 Å². The van der Waals surface area contributed by atoms with Gasteiger partial charge in [-0.25, -0.2) is 0 Å². The quantitative estimate of drug-likeness (QED) is 0.741. The highest BCUT2D eigenvalue weighted by Crippen LogP contribution is 2.29. The summed E-state index contributed by atoms with van der Waals surface area (Å²) in [5, 5.41) is 3.31. The van der Waals surface area contributed by atoms with E-state index in [4.69, 9.17) is 22.1 Å². The second-order valence-corrected chi connectivity index (χ2v) is 6.48. The van der Waals surface area contributed by atoms with Gasteiger partial charge in [0.05, 0.1) is 18.1 Å². The van der Waals surface area contributed by atoms with Crippen molar-refractivity contribution in [3.8, 4) is 11.5 Å². The Morgan fingerprint density at radius 1 is 1.12 bits per heavy atom. The summed E-state index contributed by atoms with van der Waals surface area (Å²) < 4.78 is 5.70. The molecule has 0 heterocycles. The highest BCUT2D eigenvalue weighted by atomic mass is 35.5. The van der Waals surface area contributed by atoms with Gasteiger partial charge >= 0.3 is 0 Å². The molecule has 2 aromatic carbocycles. The van der Waals surface area contributed by atoms with Crippen molar-refractivity contribution < 1.29 is 14.3 Å². The van der Waals surface area contributed by atoms with Crippen molar-refractivity contribution in [2.24, 2.45) is 5.73 Å². The van der Waals surface area contributed by atoms with E-state index >= 15 is 0 Å². The normalized spacial score (nSPS) is 10.8. The van der Waals surface area contributed by atoms with Gasteiger partial charge in [0.1, 0.15) is 11.5 Å². The Hall–Kier alpha value is -2.57. The lowest BCUT2D eigenvalue weighted by Crippen LogP contribution is -2.43. The summed E-state index contributed by atoms with van der Waals surface area (Å²) in [5.74, 6) is 0.478. The van der Waals surface area contributed by atoms with Gasteiger partial charge in [-0.1, -0.05) is 23.7 Å². The van der Waals surface area contributed by atoms with Crippen LogP contribution in [0, 0.1) is 0 Å². The lowest BCUT2D eigenvalue weighted by molar-refractivity contribution is -0.121. The van der Waals surface area contributed by atoms with Gasteiger partial charge in [-0.05, 0) is 50.2 Å². The standard InChI is InChI=1S/C19H22ClN3O3/c1-13(2)23(11-18(21)24)12-19(25)22-14-7-9-15(10-8-14)26-17-6-4-3-5-16(17)20/h3-10,13H,11-12H2,1-2H3,(H2,21,24)(H,22,25). The predicted octanol–water partition coefficient (Wildman–Crippen LogP) is 3.27. The lowest BCUT2D eigenvalue weighted by atomic mass is 10.2. The monoisotopic (exact) mass is 375 g/mol. The molecule has 0 aliphatic heterocycles. The van der Waals surface area contributed by atoms with Crippen LogP contribution in [0.3, 0.4) is 0 Å². The fraction of sp³-hybridized carbons (Fsp3) is 0.263. The van der Waals surface area contributed by atoms with E-state index in [9.17, 15) is 9.59 Å². The molecule has 2 amide bonds. The second-order valence-electron chi connectivity index (χ2n) is 6.07. The van der Waals surface area contributed by atoms with E-state index in [0.29, 0.717) is 22.2 Å². The highest BCUT2D eigenvalue weighted by Gasteiger charge is 2.16. The summed E-state index contributed by atoms with van der Waals surface area (Å²) in [7, 11) is 0. The fourth-order valence-corrected chi connectivity index (χ4v) is 2.44. The van der Waals surface area contributed by atoms with Crippen molar-refractivity contribution in [1.29, 1.82) is 0 Å². The SMILES string of the molecule is CC(C)N(CC(N)=O)CC(=O)Nc1ccc(Oc2ccccc2Cl)cc1. The van der Waals surface area contributed by atoms with E-state index in [1.54, 1.807) is 41.3 Å². The number of carbonyl (C=O) groups is 2. The first-order valence-corrected chi connectivity index (χ1v) is 8.57. The summed E-state index contributed by atoms with van der Waals surface area (Å²) in [6.07, 6.45) is 0. The number of halogens is 1. The largest absolute Gasteiger partial charge is 0.456 e. The molecule has 138 valence electrons. The highest BCUT2D eigenvalue weighted by molar-refractivity contribution is 6.32. The van der Waals surface area contributed by atoms with Gasteiger partial charge in [0.2, 0.25) is 11.8 Å². The van der Waals surface area contributed by atoms with Crippen molar-refractivity contribution in [3.05, 3.63) is 53.6 Å². The van der Waals surface area contributed by atoms with Crippen LogP contribution in [0.1, 0.15) is 13.8 Å². The number of carbonyl (C=O) groups excluding carboxylic acids is 2. The molecule has 2 rings (SSSR count). The van der Waals surface area contributed by atoms with Crippen LogP contribution in [-0.4, -0.2) is 35.8 Å². The molecular formula is C19H22ClN3O3. The lowest BCUT2D eigenvalue weighted by Gasteiger charge is -2.24. The van der Waals surface area contributed by atoms with Crippen molar-refractivity contribution in [2.45, 2.75) is 19.9 Å². The third-order valence-electron chi connectivity index (χ3n) is 3.64. The van der Waals surface area contributed by atoms with Crippen LogP contribution >= 0.6 is 11.6 Å². The molecule has 0 atom stereocenters. The van der Waals surface area contributed by atoms with Crippen LogP contribution in [0.2, 0.25) is 5.02 Å². The number of nitrogens with one attached hydrogen (secondary N) is 1. The maximum atomic E-state index is 12.2. The summed E-state index contributed by atoms with van der Waals surface area (Å²) in [5.41, 5.74) is 5.84. The summed E-state index contributed by atoms with van der Waals surface area (Å²) in [6, 6.07) is 14.2. The van der Waals surface area contributed by atoms with E-state index in [2.05, 4.69) is 5.32 Å². The first-order valence-electron chi connectivity index (χ1n) is 8.20. The van der Waals surface area contributed by atoms with Crippen molar-refractivity contribution in [3.63, 3.8) is 0 Å². The van der Waals surface area contributed by atoms with E-state index < -0.39 is 5.91 Å². The fourth-order valence-electron chi connectivity index (χ4n) is 2.27. The number of nitrogens with zero attached hydrogens (tertiary/aromatic N) is 1. The maximum absolute atomic E-state index is 12.2. The van der Waals surface area contributed by atoms with Gasteiger partial charge in [0.15, 0.2) is 0 Å². The maximum Gasteiger partial charge on any atom is 0.238 e. The zero-order valence-corrected chi connectivity index (χ0v) is 15.5. The molecule has 0 aliphatic carbocycles. The Balaban J connectivity index is 1.94. The van der Waals surface area contributed by atoms with Crippen LogP contribution in [0.4, 0.5) is 5.69 Å². The van der Waals surface area contributed by atoms with Crippen LogP contribution in [0.15, 0.2) is 48.5 Å². The molecule has 0 fully saturated rings. The molecule has 0 bridgehead atoms. The molecule has 0 aromatic heterocycles. The average Bonchev–Trinajstić information content (AvgIpc) is 2.57. The second kappa shape index (κ2) is 9.22. The van der Waals surface area contributed by atoms with Gasteiger partial charge in [0, 0.05) is 11.7 Å². The minimum absolute atomic E-state index is 0.0275. The first-order chi connectivity index (χ1) is 12.3. The van der Waals surface area contributed by atoms with Crippen molar-refractivity contribution in [2.75, 3.05) is 18.4 Å². The Morgan fingerprint density at radius 2 is 1.77 bits per heavy atom. The molecule has 26 heavy (non-hydrogen) atoms. The molecule has 6 nitrogen and oxygen atoms in total. The number of amides is 2. The van der Waals surface area contributed by atoms with Crippen LogP contribution in [0.5, 0.6) is 11.5 Å². The number of hydrogen-bond acceptors (Lipinski definition) is 4. The van der Waals surface area contributed by atoms with Gasteiger partial charge in [0.25, 0.3) is 0 Å². The molecule has 2 aromatic rings. The van der Waals surface area contributed by atoms with Crippen molar-refractivity contribution in [1.82, 2.24) is 4.90 Å². The average molecular weight is 376 g/mol. The van der Waals surface area contributed by atoms with E-state index in [1.165, 1.54) is 0 Å². The van der Waals surface area contributed by atoms with E-state index in [0.717, 1.165) is 0 Å². The summed E-state index contributed by atoms with van der Waals surface area (Å²) in [6.45, 7) is 3.92. The number of ether oxygens (including phenoxy) is 1. The Labute approximate surface area is 157 Å². The minimum Gasteiger partial charge on any atom is -0.456 e. The van der Waals surface area contributed by atoms with E-state index in [-0.39, 0.29) is 25.0 Å². The molecule has 3 N–H and O–H groups in total. The van der Waals surface area contributed by atoms with Gasteiger partial charge < -0.3 is 15.8 Å². The third-order valence-corrected chi connectivity index (χ3v) is 3.95. The Kier molecular flexibility index (Phi) is 7.00. The van der Waals surface area contributed by atoms with Crippen LogP contribution in [0.25, 0.3) is 0 Å². The number of benzene rings is 2. The Morgan fingerprint density at radius 3 is 2.35 bits per heavy atom. The van der Waals surface area contributed by atoms with Crippen LogP contribution < -0.4 is 15.8 Å². The third kappa shape index (κ3) is 6.06. The van der Waals surface area contributed by atoms with Crippen molar-refractivity contribution >= 4 is 29.1 Å². The number of primary amides is 1. The minimum atomic E-state index is -0.465. The van der Waals surface area contributed by atoms with E-state index in [1.807, 2.05) is 26.0 Å². The number of anilines is 1. The van der Waals surface area contributed by atoms with Gasteiger partial charge in [-0.3, -0.25) is 14.5 Å². The molecular weight excluding hydrogens is 354 g/mol. The summed E-state index contributed by atoms with van der Waals surface area (Å²) in [4.78, 5) is 25.0. The smallest absolute Gasteiger partial charge is 0.238 e. The number of rotatable bonds is 8.